The number of nitrogens with zero attached hydrogens (tertiary/aromatic N) is 3. The molecule has 0 saturated carbocycles. The third-order valence-corrected chi connectivity index (χ3v) is 6.74. The molecule has 1 atom stereocenters. The first kappa shape index (κ1) is 18.8. The third-order valence-electron chi connectivity index (χ3n) is 6.74. The van der Waals surface area contributed by atoms with E-state index in [0.29, 0.717) is 12.1 Å². The van der Waals surface area contributed by atoms with Gasteiger partial charge in [0.15, 0.2) is 0 Å². The minimum atomic E-state index is -0.900. The molecule has 152 valence electrons. The number of rotatable bonds is 3. The van der Waals surface area contributed by atoms with Crippen LogP contribution >= 0.6 is 0 Å². The molecule has 1 aliphatic heterocycles. The fraction of sp³-hybridized carbons (Fsp3) is 0.458. The van der Waals surface area contributed by atoms with E-state index in [4.69, 9.17) is 0 Å². The van der Waals surface area contributed by atoms with Crippen LogP contribution in [0.25, 0.3) is 10.9 Å². The van der Waals surface area contributed by atoms with Crippen molar-refractivity contribution in [2.75, 3.05) is 13.6 Å². The highest BCUT2D eigenvalue weighted by molar-refractivity contribution is 5.86. The van der Waals surface area contributed by atoms with Crippen LogP contribution in [0.3, 0.4) is 0 Å². The molecule has 2 aromatic heterocycles. The van der Waals surface area contributed by atoms with E-state index in [9.17, 15) is 9.50 Å². The van der Waals surface area contributed by atoms with Gasteiger partial charge < -0.3 is 14.6 Å². The maximum atomic E-state index is 13.3. The van der Waals surface area contributed by atoms with Gasteiger partial charge in [-0.2, -0.15) is 0 Å². The number of likely N-dealkylation sites (N-methyl/N-ethyl adjacent to an activating group) is 1. The van der Waals surface area contributed by atoms with Crippen molar-refractivity contribution in [3.8, 4) is 0 Å². The standard InChI is InChI=1S/C24H28FN3O/c1-16-10-21-18(13-26-16)4-3-8-24(21,29)15-28-22-6-5-17(12-25)11-19(22)20-14-27(2)9-7-23(20)28/h5-6,10-11,13,29H,3-4,7-9,12,14-15H2,1-2H3. The number of alkyl halides is 1. The zero-order valence-electron chi connectivity index (χ0n) is 17.2. The van der Waals surface area contributed by atoms with Crippen molar-refractivity contribution in [3.63, 3.8) is 0 Å². The van der Waals surface area contributed by atoms with Gasteiger partial charge in [-0.25, -0.2) is 4.39 Å². The van der Waals surface area contributed by atoms with Crippen LogP contribution in [0.4, 0.5) is 4.39 Å². The van der Waals surface area contributed by atoms with Gasteiger partial charge in [-0.15, -0.1) is 0 Å². The quantitative estimate of drug-likeness (QED) is 0.731. The summed E-state index contributed by atoms with van der Waals surface area (Å²) in [4.78, 5) is 6.76. The first-order valence-corrected chi connectivity index (χ1v) is 10.5. The fourth-order valence-electron chi connectivity index (χ4n) is 5.25. The molecular formula is C24H28FN3O. The summed E-state index contributed by atoms with van der Waals surface area (Å²) >= 11 is 0. The van der Waals surface area contributed by atoms with Crippen molar-refractivity contribution >= 4 is 10.9 Å². The van der Waals surface area contributed by atoms with Gasteiger partial charge in [0, 0.05) is 48.0 Å². The highest BCUT2D eigenvalue weighted by atomic mass is 19.1. The van der Waals surface area contributed by atoms with Gasteiger partial charge in [0.05, 0.1) is 6.54 Å². The molecule has 29 heavy (non-hydrogen) atoms. The average molecular weight is 394 g/mol. The monoisotopic (exact) mass is 393 g/mol. The second kappa shape index (κ2) is 6.92. The number of hydrogen-bond acceptors (Lipinski definition) is 3. The molecule has 5 heteroatoms. The van der Waals surface area contributed by atoms with Crippen molar-refractivity contribution < 1.29 is 9.50 Å². The number of hydrogen-bond donors (Lipinski definition) is 1. The Labute approximate surface area is 171 Å². The minimum absolute atomic E-state index is 0.449. The molecule has 3 aromatic rings. The van der Waals surface area contributed by atoms with Crippen LogP contribution < -0.4 is 0 Å². The van der Waals surface area contributed by atoms with Gasteiger partial charge in [0.25, 0.3) is 0 Å². The van der Waals surface area contributed by atoms with Crippen LogP contribution in [-0.2, 0) is 38.2 Å². The minimum Gasteiger partial charge on any atom is -0.383 e. The number of halogens is 1. The summed E-state index contributed by atoms with van der Waals surface area (Å²) < 4.78 is 15.7. The van der Waals surface area contributed by atoms with Crippen LogP contribution in [0.1, 0.15) is 46.5 Å². The number of benzene rings is 1. The van der Waals surface area contributed by atoms with E-state index >= 15 is 0 Å². The predicted octanol–water partition coefficient (Wildman–Crippen LogP) is 4.03. The molecule has 2 aliphatic rings. The molecule has 1 N–H and O–H groups in total. The van der Waals surface area contributed by atoms with Gasteiger partial charge in [-0.3, -0.25) is 4.98 Å². The van der Waals surface area contributed by atoms with E-state index in [-0.39, 0.29) is 0 Å². The number of aromatic nitrogens is 2. The Morgan fingerprint density at radius 1 is 1.24 bits per heavy atom. The van der Waals surface area contributed by atoms with Crippen LogP contribution in [0.5, 0.6) is 0 Å². The highest BCUT2D eigenvalue weighted by Gasteiger charge is 2.37. The van der Waals surface area contributed by atoms with E-state index < -0.39 is 12.3 Å². The van der Waals surface area contributed by atoms with Crippen LogP contribution in [0, 0.1) is 6.92 Å². The average Bonchev–Trinajstić information content (AvgIpc) is 3.00. The van der Waals surface area contributed by atoms with E-state index in [1.54, 1.807) is 0 Å². The van der Waals surface area contributed by atoms with Crippen molar-refractivity contribution in [1.82, 2.24) is 14.5 Å². The van der Waals surface area contributed by atoms with Gasteiger partial charge in [-0.05, 0) is 73.7 Å². The molecule has 4 nitrogen and oxygen atoms in total. The van der Waals surface area contributed by atoms with Gasteiger partial charge in [-0.1, -0.05) is 6.07 Å². The Bertz CT molecular complexity index is 1090. The Balaban J connectivity index is 1.66. The largest absolute Gasteiger partial charge is 0.383 e. The van der Waals surface area contributed by atoms with Crippen molar-refractivity contribution in [1.29, 1.82) is 0 Å². The van der Waals surface area contributed by atoms with Crippen LogP contribution in [0.2, 0.25) is 0 Å². The third kappa shape index (κ3) is 3.08. The lowest BCUT2D eigenvalue weighted by Gasteiger charge is -2.36. The maximum Gasteiger partial charge on any atom is 0.115 e. The molecule has 0 bridgehead atoms. The van der Waals surface area contributed by atoms with Crippen molar-refractivity contribution in [2.24, 2.45) is 0 Å². The molecule has 5 rings (SSSR count). The van der Waals surface area contributed by atoms with Crippen LogP contribution in [-0.4, -0.2) is 33.1 Å². The molecule has 0 radical (unpaired) electrons. The lowest BCUT2D eigenvalue weighted by molar-refractivity contribution is 0.00156. The second-order valence-electron chi connectivity index (χ2n) is 8.85. The summed E-state index contributed by atoms with van der Waals surface area (Å²) in [5.74, 6) is 0. The predicted molar refractivity (Wildman–Crippen MR) is 113 cm³/mol. The summed E-state index contributed by atoms with van der Waals surface area (Å²) in [6.45, 7) is 3.93. The Hall–Kier alpha value is -2.24. The van der Waals surface area contributed by atoms with Gasteiger partial charge >= 0.3 is 0 Å². The Kier molecular flexibility index (Phi) is 4.48. The molecule has 0 fully saturated rings. The SMILES string of the molecule is Cc1cc2c(cn1)CCCC2(O)Cn1c2c(c3cc(CF)ccc31)CN(C)CC2. The molecule has 1 aromatic carbocycles. The summed E-state index contributed by atoms with van der Waals surface area (Å²) in [6.07, 6.45) is 5.56. The first-order valence-electron chi connectivity index (χ1n) is 10.5. The summed E-state index contributed by atoms with van der Waals surface area (Å²) in [7, 11) is 2.13. The normalized spacial score (nSPS) is 21.9. The maximum absolute atomic E-state index is 13.3. The Morgan fingerprint density at radius 2 is 2.10 bits per heavy atom. The van der Waals surface area contributed by atoms with E-state index in [1.165, 1.54) is 11.3 Å². The summed E-state index contributed by atoms with van der Waals surface area (Å²) in [5.41, 5.74) is 6.63. The fourth-order valence-corrected chi connectivity index (χ4v) is 5.25. The smallest absolute Gasteiger partial charge is 0.115 e. The zero-order chi connectivity index (χ0) is 20.2. The molecule has 1 aliphatic carbocycles. The number of fused-ring (bicyclic) bond motifs is 4. The molecule has 1 unspecified atom stereocenters. The molecule has 0 amide bonds. The molecule has 3 heterocycles. The van der Waals surface area contributed by atoms with Crippen molar-refractivity contribution in [2.45, 2.75) is 58.0 Å². The molecule has 0 saturated heterocycles. The van der Waals surface area contributed by atoms with E-state index in [2.05, 4.69) is 27.6 Å². The van der Waals surface area contributed by atoms with Crippen LogP contribution in [0.15, 0.2) is 30.5 Å². The Morgan fingerprint density at radius 3 is 2.93 bits per heavy atom. The first-order chi connectivity index (χ1) is 14.0. The lowest BCUT2D eigenvalue weighted by atomic mass is 9.79. The summed E-state index contributed by atoms with van der Waals surface area (Å²) in [5, 5.41) is 12.9. The second-order valence-corrected chi connectivity index (χ2v) is 8.85. The van der Waals surface area contributed by atoms with E-state index in [1.807, 2.05) is 31.3 Å². The lowest BCUT2D eigenvalue weighted by Crippen LogP contribution is -2.37. The number of aryl methyl sites for hydroxylation is 2. The number of pyridine rings is 1. The van der Waals surface area contributed by atoms with Gasteiger partial charge in [0.2, 0.25) is 0 Å². The highest BCUT2D eigenvalue weighted by Crippen LogP contribution is 2.40. The summed E-state index contributed by atoms with van der Waals surface area (Å²) in [6, 6.07) is 7.97. The molecule has 0 spiro atoms. The van der Waals surface area contributed by atoms with E-state index in [0.717, 1.165) is 66.5 Å². The van der Waals surface area contributed by atoms with Gasteiger partial charge in [0.1, 0.15) is 12.3 Å². The zero-order valence-corrected chi connectivity index (χ0v) is 17.2. The van der Waals surface area contributed by atoms with Crippen molar-refractivity contribution in [3.05, 3.63) is 64.1 Å². The number of aliphatic hydroxyl groups is 1. The molecular weight excluding hydrogens is 365 g/mol. The topological polar surface area (TPSA) is 41.3 Å².